The molecule has 0 fully saturated rings. The van der Waals surface area contributed by atoms with Crippen LogP contribution in [0.25, 0.3) is 17.3 Å². The summed E-state index contributed by atoms with van der Waals surface area (Å²) in [5.74, 6) is -0.776. The number of nitrogens with zero attached hydrogens (tertiary/aromatic N) is 3. The van der Waals surface area contributed by atoms with Gasteiger partial charge in [-0.25, -0.2) is 9.37 Å². The molecule has 0 saturated carbocycles. The number of carbonyl (C=O) groups excluding carboxylic acids is 1. The highest BCUT2D eigenvalue weighted by atomic mass is 19.1. The minimum absolute atomic E-state index is 0.00799. The minimum Gasteiger partial charge on any atom is -0.403 e. The van der Waals surface area contributed by atoms with Crippen molar-refractivity contribution in [3.63, 3.8) is 0 Å². The number of amides is 1. The van der Waals surface area contributed by atoms with Gasteiger partial charge in [-0.2, -0.15) is 0 Å². The number of rotatable bonds is 3. The lowest BCUT2D eigenvalue weighted by atomic mass is 10.2. The summed E-state index contributed by atoms with van der Waals surface area (Å²) in [4.78, 5) is 28.7. The number of carbonyl (C=O) groups is 1. The zero-order chi connectivity index (χ0) is 18.1. The monoisotopic (exact) mass is 350 g/mol. The van der Waals surface area contributed by atoms with Crippen LogP contribution in [0.1, 0.15) is 10.4 Å². The largest absolute Gasteiger partial charge is 0.403 e. The van der Waals surface area contributed by atoms with Gasteiger partial charge >= 0.3 is 11.4 Å². The molecule has 0 unspecified atom stereocenters. The van der Waals surface area contributed by atoms with Gasteiger partial charge in [0.05, 0.1) is 6.20 Å². The maximum Gasteiger partial charge on any atom is 0.328 e. The summed E-state index contributed by atoms with van der Waals surface area (Å²) in [6.45, 7) is 0. The van der Waals surface area contributed by atoms with Gasteiger partial charge in [-0.05, 0) is 36.4 Å². The molecule has 2 heterocycles. The molecule has 0 atom stereocenters. The van der Waals surface area contributed by atoms with Crippen LogP contribution in [0.3, 0.4) is 0 Å². The van der Waals surface area contributed by atoms with Crippen molar-refractivity contribution in [1.82, 2.24) is 14.6 Å². The second kappa shape index (κ2) is 6.25. The van der Waals surface area contributed by atoms with Crippen molar-refractivity contribution in [1.29, 1.82) is 0 Å². The molecule has 0 bridgehead atoms. The van der Waals surface area contributed by atoms with Crippen LogP contribution in [0.2, 0.25) is 0 Å². The molecule has 26 heavy (non-hydrogen) atoms. The zero-order valence-electron chi connectivity index (χ0n) is 13.2. The van der Waals surface area contributed by atoms with Crippen molar-refractivity contribution in [3.8, 4) is 11.5 Å². The lowest BCUT2D eigenvalue weighted by Crippen LogP contribution is -2.23. The summed E-state index contributed by atoms with van der Waals surface area (Å²) in [5, 5.41) is 6.56. The Bertz CT molecular complexity index is 1150. The molecular weight excluding hydrogens is 339 g/mol. The SMILES string of the molecule is O=C(Nc1cnc2oc(-c3ccccc3)nn2c1=O)c1ccc(F)cc1. The summed E-state index contributed by atoms with van der Waals surface area (Å²) in [7, 11) is 0. The Kier molecular flexibility index (Phi) is 3.77. The number of halogens is 1. The van der Waals surface area contributed by atoms with Gasteiger partial charge in [0.2, 0.25) is 5.89 Å². The first-order chi connectivity index (χ1) is 12.6. The molecule has 4 rings (SSSR count). The number of anilines is 1. The Hall–Kier alpha value is -3.81. The van der Waals surface area contributed by atoms with Crippen molar-refractivity contribution in [3.05, 3.63) is 82.5 Å². The number of hydrogen-bond acceptors (Lipinski definition) is 5. The minimum atomic E-state index is -0.587. The summed E-state index contributed by atoms with van der Waals surface area (Å²) >= 11 is 0. The van der Waals surface area contributed by atoms with Crippen LogP contribution in [0.4, 0.5) is 10.1 Å². The Morgan fingerprint density at radius 1 is 1.08 bits per heavy atom. The summed E-state index contributed by atoms with van der Waals surface area (Å²) in [5.41, 5.74) is 0.247. The van der Waals surface area contributed by atoms with E-state index in [1.807, 2.05) is 18.2 Å². The lowest BCUT2D eigenvalue weighted by molar-refractivity contribution is 0.102. The van der Waals surface area contributed by atoms with Crippen LogP contribution in [-0.4, -0.2) is 20.5 Å². The van der Waals surface area contributed by atoms with Crippen LogP contribution < -0.4 is 10.9 Å². The molecule has 7 nitrogen and oxygen atoms in total. The van der Waals surface area contributed by atoms with E-state index >= 15 is 0 Å². The van der Waals surface area contributed by atoms with Gasteiger partial charge in [0.15, 0.2) is 0 Å². The molecule has 1 amide bonds. The van der Waals surface area contributed by atoms with E-state index in [0.717, 1.165) is 16.6 Å². The molecule has 0 aliphatic heterocycles. The molecule has 0 radical (unpaired) electrons. The normalized spacial score (nSPS) is 10.8. The van der Waals surface area contributed by atoms with Crippen LogP contribution in [0.5, 0.6) is 0 Å². The number of hydrogen-bond donors (Lipinski definition) is 1. The third kappa shape index (κ3) is 2.84. The molecule has 0 aliphatic carbocycles. The number of nitrogens with one attached hydrogen (secondary N) is 1. The standard InChI is InChI=1S/C18H11FN4O3/c19-13-8-6-11(7-9-13)15(24)21-14-10-20-18-23(17(14)25)22-16(26-18)12-4-2-1-3-5-12/h1-10H,(H,21,24). The average molecular weight is 350 g/mol. The first kappa shape index (κ1) is 15.7. The predicted molar refractivity (Wildman–Crippen MR) is 91.3 cm³/mol. The third-order valence-electron chi connectivity index (χ3n) is 3.66. The van der Waals surface area contributed by atoms with Gasteiger partial charge in [0.1, 0.15) is 11.5 Å². The van der Waals surface area contributed by atoms with E-state index in [4.69, 9.17) is 4.42 Å². The van der Waals surface area contributed by atoms with E-state index in [1.54, 1.807) is 12.1 Å². The maximum atomic E-state index is 12.9. The molecule has 2 aromatic heterocycles. The molecular formula is C18H11FN4O3. The highest BCUT2D eigenvalue weighted by Crippen LogP contribution is 2.18. The molecule has 4 aromatic rings. The maximum absolute atomic E-state index is 12.9. The molecule has 1 N–H and O–H groups in total. The number of benzene rings is 2. The fourth-order valence-corrected chi connectivity index (χ4v) is 2.36. The van der Waals surface area contributed by atoms with Crippen LogP contribution >= 0.6 is 0 Å². The highest BCUT2D eigenvalue weighted by Gasteiger charge is 2.15. The van der Waals surface area contributed by atoms with Crippen molar-refractivity contribution >= 4 is 17.4 Å². The average Bonchev–Trinajstić information content (AvgIpc) is 3.10. The number of fused-ring (bicyclic) bond motifs is 1. The molecule has 0 aliphatic rings. The smallest absolute Gasteiger partial charge is 0.328 e. The van der Waals surface area contributed by atoms with E-state index in [2.05, 4.69) is 15.4 Å². The van der Waals surface area contributed by atoms with Crippen molar-refractivity contribution < 1.29 is 13.6 Å². The first-order valence-corrected chi connectivity index (χ1v) is 7.63. The molecule has 8 heteroatoms. The summed E-state index contributed by atoms with van der Waals surface area (Å²) < 4.78 is 19.4. The van der Waals surface area contributed by atoms with E-state index in [0.29, 0.717) is 5.56 Å². The van der Waals surface area contributed by atoms with E-state index < -0.39 is 17.3 Å². The van der Waals surface area contributed by atoms with Gasteiger partial charge in [-0.3, -0.25) is 9.59 Å². The van der Waals surface area contributed by atoms with Crippen molar-refractivity contribution in [2.45, 2.75) is 0 Å². The lowest BCUT2D eigenvalue weighted by Gasteiger charge is -2.03. The first-order valence-electron chi connectivity index (χ1n) is 7.63. The Balaban J connectivity index is 1.68. The van der Waals surface area contributed by atoms with Gasteiger partial charge < -0.3 is 9.73 Å². The second-order valence-corrected chi connectivity index (χ2v) is 5.41. The summed E-state index contributed by atoms with van der Waals surface area (Å²) in [6, 6.07) is 14.0. The van der Waals surface area contributed by atoms with Crippen LogP contribution in [0.15, 0.2) is 70.0 Å². The van der Waals surface area contributed by atoms with Gasteiger partial charge in [0.25, 0.3) is 5.91 Å². The molecule has 0 spiro atoms. The van der Waals surface area contributed by atoms with Crippen LogP contribution in [0, 0.1) is 5.82 Å². The fraction of sp³-hybridized carbons (Fsp3) is 0. The topological polar surface area (TPSA) is 89.5 Å². The third-order valence-corrected chi connectivity index (χ3v) is 3.66. The Morgan fingerprint density at radius 3 is 2.54 bits per heavy atom. The van der Waals surface area contributed by atoms with E-state index in [9.17, 15) is 14.0 Å². The Labute approximate surface area is 145 Å². The molecule has 128 valence electrons. The summed E-state index contributed by atoms with van der Waals surface area (Å²) in [6.07, 6.45) is 1.19. The fourth-order valence-electron chi connectivity index (χ4n) is 2.36. The predicted octanol–water partition coefficient (Wildman–Crippen LogP) is 2.74. The van der Waals surface area contributed by atoms with E-state index in [1.165, 1.54) is 18.3 Å². The van der Waals surface area contributed by atoms with Gasteiger partial charge in [-0.15, -0.1) is 9.61 Å². The van der Waals surface area contributed by atoms with Crippen LogP contribution in [-0.2, 0) is 0 Å². The quantitative estimate of drug-likeness (QED) is 0.614. The van der Waals surface area contributed by atoms with Gasteiger partial charge in [0, 0.05) is 11.1 Å². The Morgan fingerprint density at radius 2 is 1.81 bits per heavy atom. The molecule has 2 aromatic carbocycles. The second-order valence-electron chi connectivity index (χ2n) is 5.41. The van der Waals surface area contributed by atoms with Crippen molar-refractivity contribution in [2.24, 2.45) is 0 Å². The zero-order valence-corrected chi connectivity index (χ0v) is 13.2. The van der Waals surface area contributed by atoms with Gasteiger partial charge in [-0.1, -0.05) is 18.2 Å². The molecule has 0 saturated heterocycles. The highest BCUT2D eigenvalue weighted by molar-refractivity contribution is 6.04. The number of aromatic nitrogens is 3. The van der Waals surface area contributed by atoms with Crippen molar-refractivity contribution in [2.75, 3.05) is 5.32 Å². The van der Waals surface area contributed by atoms with E-state index in [-0.39, 0.29) is 23.0 Å².